The molecule has 0 aliphatic heterocycles. The highest BCUT2D eigenvalue weighted by Crippen LogP contribution is 2.11. The molecule has 3 heteroatoms. The Kier molecular flexibility index (Phi) is 5.43. The Morgan fingerprint density at radius 2 is 2.00 bits per heavy atom. The van der Waals surface area contributed by atoms with Crippen LogP contribution in [0.25, 0.3) is 6.08 Å². The molecule has 0 saturated heterocycles. The van der Waals surface area contributed by atoms with Gasteiger partial charge in [-0.2, -0.15) is 0 Å². The number of hydrogen-bond donors (Lipinski definition) is 1. The van der Waals surface area contributed by atoms with Gasteiger partial charge >= 0.3 is 5.97 Å². The normalized spacial score (nSPS) is 13.2. The third kappa shape index (κ3) is 4.62. The van der Waals surface area contributed by atoms with Crippen molar-refractivity contribution in [3.8, 4) is 0 Å². The zero-order valence-corrected chi connectivity index (χ0v) is 11.3. The molecule has 0 radical (unpaired) electrons. The lowest BCUT2D eigenvalue weighted by molar-refractivity contribution is -0.140. The van der Waals surface area contributed by atoms with E-state index in [-0.39, 0.29) is 5.97 Å². The molecule has 1 atom stereocenters. The lowest BCUT2D eigenvalue weighted by Gasteiger charge is -2.09. The Morgan fingerprint density at radius 1 is 1.39 bits per heavy atom. The molecule has 0 aliphatic rings. The van der Waals surface area contributed by atoms with E-state index in [4.69, 9.17) is 10.5 Å². The van der Waals surface area contributed by atoms with Gasteiger partial charge in [-0.1, -0.05) is 32.4 Å². The Hall–Kier alpha value is -1.77. The van der Waals surface area contributed by atoms with E-state index in [9.17, 15) is 4.79 Å². The van der Waals surface area contributed by atoms with Crippen molar-refractivity contribution in [1.82, 2.24) is 0 Å². The van der Waals surface area contributed by atoms with Gasteiger partial charge in [0.1, 0.15) is 0 Å². The second-order valence-corrected chi connectivity index (χ2v) is 4.61. The third-order valence-corrected chi connectivity index (χ3v) is 2.84. The molecule has 1 rings (SSSR count). The van der Waals surface area contributed by atoms with Crippen LogP contribution in [0.4, 0.5) is 5.69 Å². The number of esters is 1. The van der Waals surface area contributed by atoms with Gasteiger partial charge in [-0.05, 0) is 36.6 Å². The Morgan fingerprint density at radius 3 is 2.56 bits per heavy atom. The number of carbonyl (C=O) groups is 1. The smallest absolute Gasteiger partial charge is 0.333 e. The minimum atomic E-state index is -0.257. The van der Waals surface area contributed by atoms with Crippen molar-refractivity contribution in [3.05, 3.63) is 35.4 Å². The zero-order valence-electron chi connectivity index (χ0n) is 11.3. The summed E-state index contributed by atoms with van der Waals surface area (Å²) in [6, 6.07) is 7.37. The van der Waals surface area contributed by atoms with Gasteiger partial charge in [0.2, 0.25) is 0 Å². The standard InChI is InChI=1S/C15H21NO2/c1-4-11(2)10-18-15(17)12(3)9-13-5-7-14(16)8-6-13/h5-9,11H,4,10,16H2,1-3H3/b12-9+/t11-/m1/s1. The van der Waals surface area contributed by atoms with E-state index in [1.165, 1.54) is 0 Å². The van der Waals surface area contributed by atoms with Crippen LogP contribution >= 0.6 is 0 Å². The first-order valence-corrected chi connectivity index (χ1v) is 6.24. The van der Waals surface area contributed by atoms with E-state index in [2.05, 4.69) is 13.8 Å². The molecule has 0 amide bonds. The molecular weight excluding hydrogens is 226 g/mol. The number of hydrogen-bond acceptors (Lipinski definition) is 3. The number of anilines is 1. The van der Waals surface area contributed by atoms with Crippen LogP contribution in [0.5, 0.6) is 0 Å². The molecule has 0 fully saturated rings. The molecule has 1 aromatic rings. The molecule has 0 bridgehead atoms. The predicted octanol–water partition coefficient (Wildman–Crippen LogP) is 3.26. The van der Waals surface area contributed by atoms with Crippen molar-refractivity contribution >= 4 is 17.7 Å². The highest BCUT2D eigenvalue weighted by molar-refractivity contribution is 5.93. The van der Waals surface area contributed by atoms with Crippen LogP contribution in [0.3, 0.4) is 0 Å². The summed E-state index contributed by atoms with van der Waals surface area (Å²) in [5.41, 5.74) is 7.86. The van der Waals surface area contributed by atoms with Gasteiger partial charge in [-0.3, -0.25) is 0 Å². The fraction of sp³-hybridized carbons (Fsp3) is 0.400. The van der Waals surface area contributed by atoms with E-state index in [0.29, 0.717) is 23.8 Å². The van der Waals surface area contributed by atoms with Gasteiger partial charge in [0.05, 0.1) is 6.61 Å². The molecule has 0 aromatic heterocycles. The Bertz CT molecular complexity index is 421. The second-order valence-electron chi connectivity index (χ2n) is 4.61. The summed E-state index contributed by atoms with van der Waals surface area (Å²) in [6.45, 7) is 6.37. The molecule has 2 N–H and O–H groups in total. The maximum Gasteiger partial charge on any atom is 0.333 e. The molecule has 0 aliphatic carbocycles. The van der Waals surface area contributed by atoms with E-state index < -0.39 is 0 Å². The lowest BCUT2D eigenvalue weighted by atomic mass is 10.1. The van der Waals surface area contributed by atoms with Crippen molar-refractivity contribution in [2.24, 2.45) is 5.92 Å². The van der Waals surface area contributed by atoms with Crippen molar-refractivity contribution in [2.45, 2.75) is 27.2 Å². The Balaban J connectivity index is 2.60. The first kappa shape index (κ1) is 14.3. The van der Waals surface area contributed by atoms with Crippen molar-refractivity contribution < 1.29 is 9.53 Å². The quantitative estimate of drug-likeness (QED) is 0.493. The maximum absolute atomic E-state index is 11.7. The number of nitrogens with two attached hydrogens (primary N) is 1. The Labute approximate surface area is 109 Å². The SMILES string of the molecule is CC[C@@H](C)COC(=O)/C(C)=C/c1ccc(N)cc1. The summed E-state index contributed by atoms with van der Waals surface area (Å²) in [7, 11) is 0. The van der Waals surface area contributed by atoms with Gasteiger partial charge in [0, 0.05) is 11.3 Å². The van der Waals surface area contributed by atoms with Crippen LogP contribution in [0.15, 0.2) is 29.8 Å². The minimum absolute atomic E-state index is 0.257. The monoisotopic (exact) mass is 247 g/mol. The fourth-order valence-corrected chi connectivity index (χ4v) is 1.35. The molecule has 0 saturated carbocycles. The van der Waals surface area contributed by atoms with Crippen LogP contribution in [-0.2, 0) is 9.53 Å². The zero-order chi connectivity index (χ0) is 13.5. The van der Waals surface area contributed by atoms with Gasteiger partial charge in [0.25, 0.3) is 0 Å². The first-order chi connectivity index (χ1) is 8.52. The topological polar surface area (TPSA) is 52.3 Å². The molecule has 18 heavy (non-hydrogen) atoms. The van der Waals surface area contributed by atoms with Gasteiger partial charge in [0.15, 0.2) is 0 Å². The van der Waals surface area contributed by atoms with Crippen LogP contribution in [0.1, 0.15) is 32.8 Å². The van der Waals surface area contributed by atoms with E-state index >= 15 is 0 Å². The van der Waals surface area contributed by atoms with Crippen LogP contribution in [-0.4, -0.2) is 12.6 Å². The van der Waals surface area contributed by atoms with Crippen molar-refractivity contribution in [2.75, 3.05) is 12.3 Å². The molecular formula is C15H21NO2. The summed E-state index contributed by atoms with van der Waals surface area (Å²) in [4.78, 5) is 11.7. The second kappa shape index (κ2) is 6.84. The lowest BCUT2D eigenvalue weighted by Crippen LogP contribution is -2.12. The molecule has 0 unspecified atom stereocenters. The van der Waals surface area contributed by atoms with Gasteiger partial charge in [-0.25, -0.2) is 4.79 Å². The molecule has 3 nitrogen and oxygen atoms in total. The van der Waals surface area contributed by atoms with E-state index in [1.807, 2.05) is 24.3 Å². The van der Waals surface area contributed by atoms with E-state index in [1.54, 1.807) is 13.0 Å². The predicted molar refractivity (Wildman–Crippen MR) is 74.9 cm³/mol. The average Bonchev–Trinajstić information content (AvgIpc) is 2.38. The number of rotatable bonds is 5. The number of benzene rings is 1. The molecule has 0 spiro atoms. The third-order valence-electron chi connectivity index (χ3n) is 2.84. The molecule has 98 valence electrons. The summed E-state index contributed by atoms with van der Waals surface area (Å²) in [5, 5.41) is 0. The first-order valence-electron chi connectivity index (χ1n) is 6.24. The fourth-order valence-electron chi connectivity index (χ4n) is 1.35. The summed E-state index contributed by atoms with van der Waals surface area (Å²) >= 11 is 0. The van der Waals surface area contributed by atoms with E-state index in [0.717, 1.165) is 12.0 Å². The highest BCUT2D eigenvalue weighted by atomic mass is 16.5. The summed E-state index contributed by atoms with van der Waals surface area (Å²) < 4.78 is 5.22. The van der Waals surface area contributed by atoms with Crippen LogP contribution in [0.2, 0.25) is 0 Å². The molecule has 0 heterocycles. The van der Waals surface area contributed by atoms with Crippen molar-refractivity contribution in [3.63, 3.8) is 0 Å². The minimum Gasteiger partial charge on any atom is -0.462 e. The highest BCUT2D eigenvalue weighted by Gasteiger charge is 2.08. The average molecular weight is 247 g/mol. The maximum atomic E-state index is 11.7. The number of nitrogen functional groups attached to an aromatic ring is 1. The number of ether oxygens (including phenoxy) is 1. The van der Waals surface area contributed by atoms with Crippen LogP contribution < -0.4 is 5.73 Å². The summed E-state index contributed by atoms with van der Waals surface area (Å²) in [6.07, 6.45) is 2.81. The van der Waals surface area contributed by atoms with Gasteiger partial charge < -0.3 is 10.5 Å². The number of carbonyl (C=O) groups excluding carboxylic acids is 1. The van der Waals surface area contributed by atoms with Crippen molar-refractivity contribution in [1.29, 1.82) is 0 Å². The van der Waals surface area contributed by atoms with Crippen LogP contribution in [0, 0.1) is 5.92 Å². The van der Waals surface area contributed by atoms with Gasteiger partial charge in [-0.15, -0.1) is 0 Å². The molecule has 1 aromatic carbocycles. The largest absolute Gasteiger partial charge is 0.462 e. The summed E-state index contributed by atoms with van der Waals surface area (Å²) in [5.74, 6) is 0.144.